The Morgan fingerprint density at radius 3 is 2.71 bits per heavy atom. The van der Waals surface area contributed by atoms with Gasteiger partial charge in [0.2, 0.25) is 5.91 Å². The maximum atomic E-state index is 13.6. The molecule has 1 N–H and O–H groups in total. The molecule has 0 radical (unpaired) electrons. The third kappa shape index (κ3) is 4.49. The van der Waals surface area contributed by atoms with Crippen molar-refractivity contribution in [2.24, 2.45) is 0 Å². The number of thioether (sulfide) groups is 1. The van der Waals surface area contributed by atoms with Gasteiger partial charge in [-0.2, -0.15) is 0 Å². The summed E-state index contributed by atoms with van der Waals surface area (Å²) in [5.74, 6) is -1.48. The summed E-state index contributed by atoms with van der Waals surface area (Å²) in [6, 6.07) is 4.42. The van der Waals surface area contributed by atoms with Gasteiger partial charge in [0.1, 0.15) is 11.6 Å². The van der Waals surface area contributed by atoms with Gasteiger partial charge in [0.15, 0.2) is 5.16 Å². The van der Waals surface area contributed by atoms with Gasteiger partial charge in [0.25, 0.3) is 0 Å². The molecule has 0 fully saturated rings. The highest BCUT2D eigenvalue weighted by Gasteiger charge is 2.14. The average molecular weight is 309 g/mol. The molecule has 1 aromatic heterocycles. The molecule has 4 nitrogen and oxygen atoms in total. The third-order valence-corrected chi connectivity index (χ3v) is 3.56. The summed E-state index contributed by atoms with van der Waals surface area (Å²) in [5, 5.41) is 3.14. The van der Waals surface area contributed by atoms with Gasteiger partial charge in [-0.25, -0.2) is 18.7 Å². The molecule has 2 rings (SSSR count). The first-order valence-corrected chi connectivity index (χ1v) is 7.19. The van der Waals surface area contributed by atoms with E-state index in [0.717, 1.165) is 12.1 Å². The summed E-state index contributed by atoms with van der Waals surface area (Å²) in [6.07, 6.45) is 3.17. The summed E-state index contributed by atoms with van der Waals surface area (Å²) in [7, 11) is 0. The van der Waals surface area contributed by atoms with E-state index in [-0.39, 0.29) is 17.2 Å². The lowest BCUT2D eigenvalue weighted by Crippen LogP contribution is -2.28. The number of aromatic nitrogens is 2. The molecule has 1 heterocycles. The van der Waals surface area contributed by atoms with Gasteiger partial charge in [-0.3, -0.25) is 4.79 Å². The van der Waals surface area contributed by atoms with Gasteiger partial charge in [0, 0.05) is 24.0 Å². The van der Waals surface area contributed by atoms with E-state index in [0.29, 0.717) is 5.16 Å². The van der Waals surface area contributed by atoms with Crippen LogP contribution in [0.15, 0.2) is 41.8 Å². The lowest BCUT2D eigenvalue weighted by Gasteiger charge is -2.14. The van der Waals surface area contributed by atoms with E-state index in [2.05, 4.69) is 15.3 Å². The molecule has 1 atom stereocenters. The highest BCUT2D eigenvalue weighted by molar-refractivity contribution is 7.99. The van der Waals surface area contributed by atoms with Crippen molar-refractivity contribution in [2.75, 3.05) is 5.75 Å². The molecule has 1 unspecified atom stereocenters. The van der Waals surface area contributed by atoms with Crippen molar-refractivity contribution in [3.8, 4) is 0 Å². The number of carbonyl (C=O) groups is 1. The Morgan fingerprint density at radius 2 is 2.05 bits per heavy atom. The molecule has 0 aliphatic heterocycles. The van der Waals surface area contributed by atoms with E-state index in [1.807, 2.05) is 0 Å². The molecule has 0 bridgehead atoms. The minimum absolute atomic E-state index is 0.122. The van der Waals surface area contributed by atoms with Crippen molar-refractivity contribution in [3.63, 3.8) is 0 Å². The van der Waals surface area contributed by atoms with Crippen LogP contribution in [0.5, 0.6) is 0 Å². The monoisotopic (exact) mass is 309 g/mol. The lowest BCUT2D eigenvalue weighted by molar-refractivity contribution is -0.119. The molecule has 21 heavy (non-hydrogen) atoms. The van der Waals surface area contributed by atoms with Crippen LogP contribution in [0, 0.1) is 11.6 Å². The van der Waals surface area contributed by atoms with Gasteiger partial charge in [-0.15, -0.1) is 0 Å². The first-order valence-electron chi connectivity index (χ1n) is 6.20. The second kappa shape index (κ2) is 7.12. The Hall–Kier alpha value is -2.02. The molecule has 1 aromatic carbocycles. The Balaban J connectivity index is 1.90. The molecule has 0 aliphatic rings. The minimum atomic E-state index is -0.679. The van der Waals surface area contributed by atoms with E-state index in [4.69, 9.17) is 0 Å². The van der Waals surface area contributed by atoms with Gasteiger partial charge in [0.05, 0.1) is 11.8 Å². The predicted molar refractivity (Wildman–Crippen MR) is 75.7 cm³/mol. The van der Waals surface area contributed by atoms with Crippen LogP contribution in [-0.2, 0) is 4.79 Å². The fraction of sp³-hybridized carbons (Fsp3) is 0.214. The fourth-order valence-corrected chi connectivity index (χ4v) is 2.32. The average Bonchev–Trinajstić information content (AvgIpc) is 2.46. The van der Waals surface area contributed by atoms with Crippen LogP contribution in [0.1, 0.15) is 18.5 Å². The quantitative estimate of drug-likeness (QED) is 0.681. The van der Waals surface area contributed by atoms with Crippen LogP contribution < -0.4 is 5.32 Å². The number of rotatable bonds is 5. The number of hydrogen-bond acceptors (Lipinski definition) is 4. The Kier molecular flexibility index (Phi) is 5.21. The van der Waals surface area contributed by atoms with Crippen LogP contribution in [0.2, 0.25) is 0 Å². The topological polar surface area (TPSA) is 54.9 Å². The molecular formula is C14H13F2N3OS. The normalized spacial score (nSPS) is 12.0. The molecular weight excluding hydrogens is 296 g/mol. The first-order chi connectivity index (χ1) is 10.1. The van der Waals surface area contributed by atoms with Crippen molar-refractivity contribution < 1.29 is 13.6 Å². The minimum Gasteiger partial charge on any atom is -0.349 e. The van der Waals surface area contributed by atoms with Crippen molar-refractivity contribution in [3.05, 3.63) is 53.9 Å². The maximum absolute atomic E-state index is 13.6. The molecule has 7 heteroatoms. The van der Waals surface area contributed by atoms with Crippen LogP contribution >= 0.6 is 11.8 Å². The molecule has 0 aliphatic carbocycles. The second-order valence-corrected chi connectivity index (χ2v) is 5.22. The van der Waals surface area contributed by atoms with Gasteiger partial charge in [-0.1, -0.05) is 17.8 Å². The number of benzene rings is 1. The molecule has 2 aromatic rings. The Labute approximate surface area is 125 Å². The fourth-order valence-electron chi connectivity index (χ4n) is 1.70. The molecule has 110 valence electrons. The Morgan fingerprint density at radius 1 is 1.33 bits per heavy atom. The van der Waals surface area contributed by atoms with Gasteiger partial charge >= 0.3 is 0 Å². The molecule has 1 amide bonds. The summed E-state index contributed by atoms with van der Waals surface area (Å²) in [5.41, 5.74) is 0.241. The van der Waals surface area contributed by atoms with E-state index < -0.39 is 17.7 Å². The standard InChI is InChI=1S/C14H13F2N3OS/c1-9(11-4-3-10(15)7-12(11)16)19-13(20)8-21-14-17-5-2-6-18-14/h2-7,9H,8H2,1H3,(H,19,20). The summed E-state index contributed by atoms with van der Waals surface area (Å²) >= 11 is 1.18. The van der Waals surface area contributed by atoms with E-state index >= 15 is 0 Å². The highest BCUT2D eigenvalue weighted by Crippen LogP contribution is 2.18. The van der Waals surface area contributed by atoms with Crippen molar-refractivity contribution >= 4 is 17.7 Å². The zero-order chi connectivity index (χ0) is 15.2. The third-order valence-electron chi connectivity index (χ3n) is 2.68. The van der Waals surface area contributed by atoms with Crippen molar-refractivity contribution in [1.29, 1.82) is 0 Å². The summed E-state index contributed by atoms with van der Waals surface area (Å²) in [6.45, 7) is 1.64. The number of nitrogens with zero attached hydrogens (tertiary/aromatic N) is 2. The number of amides is 1. The van der Waals surface area contributed by atoms with Gasteiger partial charge in [-0.05, 0) is 19.1 Å². The first kappa shape index (κ1) is 15.4. The highest BCUT2D eigenvalue weighted by atomic mass is 32.2. The van der Waals surface area contributed by atoms with Crippen LogP contribution in [-0.4, -0.2) is 21.6 Å². The molecule has 0 spiro atoms. The number of hydrogen-bond donors (Lipinski definition) is 1. The largest absolute Gasteiger partial charge is 0.349 e. The second-order valence-electron chi connectivity index (χ2n) is 4.28. The predicted octanol–water partition coefficient (Wildman–Crippen LogP) is 2.72. The van der Waals surface area contributed by atoms with E-state index in [1.165, 1.54) is 17.8 Å². The SMILES string of the molecule is CC(NC(=O)CSc1ncccn1)c1ccc(F)cc1F. The number of halogens is 2. The van der Waals surface area contributed by atoms with Crippen molar-refractivity contribution in [1.82, 2.24) is 15.3 Å². The van der Waals surface area contributed by atoms with Crippen LogP contribution in [0.3, 0.4) is 0 Å². The zero-order valence-corrected chi connectivity index (χ0v) is 12.0. The van der Waals surface area contributed by atoms with Crippen molar-refractivity contribution in [2.45, 2.75) is 18.1 Å². The van der Waals surface area contributed by atoms with Crippen LogP contribution in [0.4, 0.5) is 8.78 Å². The molecule has 0 saturated carbocycles. The molecule has 0 saturated heterocycles. The smallest absolute Gasteiger partial charge is 0.230 e. The summed E-state index contributed by atoms with van der Waals surface area (Å²) < 4.78 is 26.4. The lowest BCUT2D eigenvalue weighted by atomic mass is 10.1. The summed E-state index contributed by atoms with van der Waals surface area (Å²) in [4.78, 5) is 19.8. The van der Waals surface area contributed by atoms with E-state index in [9.17, 15) is 13.6 Å². The number of carbonyl (C=O) groups excluding carboxylic acids is 1. The number of nitrogens with one attached hydrogen (secondary N) is 1. The van der Waals surface area contributed by atoms with E-state index in [1.54, 1.807) is 25.4 Å². The zero-order valence-electron chi connectivity index (χ0n) is 11.2. The van der Waals surface area contributed by atoms with Gasteiger partial charge < -0.3 is 5.32 Å². The maximum Gasteiger partial charge on any atom is 0.230 e. The Bertz CT molecular complexity index is 625. The van der Waals surface area contributed by atoms with Crippen LogP contribution in [0.25, 0.3) is 0 Å².